The Bertz CT molecular complexity index is 789. The maximum atomic E-state index is 11.8. The van der Waals surface area contributed by atoms with E-state index in [4.69, 9.17) is 9.72 Å². The zero-order chi connectivity index (χ0) is 20.6. The first-order chi connectivity index (χ1) is 14.1. The van der Waals surface area contributed by atoms with Crippen molar-refractivity contribution in [2.75, 3.05) is 39.3 Å². The molecule has 156 valence electrons. The molecule has 1 N–H and O–H groups in total. The van der Waals surface area contributed by atoms with E-state index >= 15 is 0 Å². The Morgan fingerprint density at radius 1 is 1.21 bits per heavy atom. The quantitative estimate of drug-likeness (QED) is 0.737. The number of pyridine rings is 1. The highest BCUT2D eigenvalue weighted by atomic mass is 16.5. The summed E-state index contributed by atoms with van der Waals surface area (Å²) in [6.45, 7) is 1.21. The Balaban J connectivity index is 1.68. The molecule has 0 atom stereocenters. The average Bonchev–Trinajstić information content (AvgIpc) is 2.76. The van der Waals surface area contributed by atoms with Crippen LogP contribution in [0, 0.1) is 5.92 Å². The number of aromatic nitrogens is 3. The van der Waals surface area contributed by atoms with Gasteiger partial charge in [-0.1, -0.05) is 6.07 Å². The van der Waals surface area contributed by atoms with Crippen LogP contribution in [-0.4, -0.2) is 55.2 Å². The van der Waals surface area contributed by atoms with Crippen LogP contribution in [0.1, 0.15) is 43.7 Å². The molecule has 2 heterocycles. The van der Waals surface area contributed by atoms with Gasteiger partial charge >= 0.3 is 0 Å². The predicted octanol–water partition coefficient (Wildman–Crippen LogP) is 3.03. The Hall–Kier alpha value is -2.54. The molecule has 7 nitrogen and oxygen atoms in total. The molecule has 1 fully saturated rings. The van der Waals surface area contributed by atoms with Gasteiger partial charge in [0.1, 0.15) is 0 Å². The number of ether oxygens (including phenoxy) is 1. The van der Waals surface area contributed by atoms with E-state index in [1.165, 1.54) is 0 Å². The van der Waals surface area contributed by atoms with Crippen LogP contribution in [0.15, 0.2) is 30.6 Å². The highest BCUT2D eigenvalue weighted by Crippen LogP contribution is 2.38. The van der Waals surface area contributed by atoms with Crippen molar-refractivity contribution in [1.29, 1.82) is 0 Å². The number of nitrogens with zero attached hydrogens (tertiary/aromatic N) is 4. The van der Waals surface area contributed by atoms with Crippen molar-refractivity contribution in [3.8, 4) is 11.3 Å². The fourth-order valence-electron chi connectivity index (χ4n) is 3.81. The van der Waals surface area contributed by atoms with Crippen molar-refractivity contribution in [2.24, 2.45) is 5.92 Å². The number of anilines is 1. The summed E-state index contributed by atoms with van der Waals surface area (Å²) in [5.74, 6) is 1.70. The third-order valence-corrected chi connectivity index (χ3v) is 5.50. The Morgan fingerprint density at radius 3 is 2.66 bits per heavy atom. The molecule has 0 unspecified atom stereocenters. The van der Waals surface area contributed by atoms with Crippen LogP contribution in [0.2, 0.25) is 0 Å². The number of methoxy groups -OCH3 is 1. The van der Waals surface area contributed by atoms with Gasteiger partial charge in [0.2, 0.25) is 11.9 Å². The largest absolute Gasteiger partial charge is 0.384 e. The zero-order valence-electron chi connectivity index (χ0n) is 17.6. The standard InChI is InChI=1S/C22H31N5O2/c1-27(2)22-25-15-18(19-6-4-5-12-23-19)21(26-22)17-9-7-16(8-10-17)14-24-20(28)11-13-29-3/h4-6,12,15-17H,7-11,13-14H2,1-3H3,(H,24,28). The Morgan fingerprint density at radius 2 is 2.00 bits per heavy atom. The number of nitrogens with one attached hydrogen (secondary N) is 1. The van der Waals surface area contributed by atoms with Gasteiger partial charge in [-0.05, 0) is 43.7 Å². The molecule has 1 aliphatic carbocycles. The molecular weight excluding hydrogens is 366 g/mol. The highest BCUT2D eigenvalue weighted by molar-refractivity contribution is 5.75. The molecule has 0 radical (unpaired) electrons. The summed E-state index contributed by atoms with van der Waals surface area (Å²) in [6.07, 6.45) is 8.42. The van der Waals surface area contributed by atoms with Crippen LogP contribution in [-0.2, 0) is 9.53 Å². The highest BCUT2D eigenvalue weighted by Gasteiger charge is 2.27. The lowest BCUT2D eigenvalue weighted by molar-refractivity contribution is -0.122. The smallest absolute Gasteiger partial charge is 0.225 e. The van der Waals surface area contributed by atoms with Crippen LogP contribution in [0.4, 0.5) is 5.95 Å². The van der Waals surface area contributed by atoms with E-state index in [0.29, 0.717) is 24.9 Å². The van der Waals surface area contributed by atoms with E-state index in [1.807, 2.05) is 49.6 Å². The summed E-state index contributed by atoms with van der Waals surface area (Å²) in [4.78, 5) is 27.7. The van der Waals surface area contributed by atoms with Crippen LogP contribution in [0.5, 0.6) is 0 Å². The molecule has 1 saturated carbocycles. The monoisotopic (exact) mass is 397 g/mol. The number of amides is 1. The normalized spacial score (nSPS) is 19.0. The maximum Gasteiger partial charge on any atom is 0.225 e. The first-order valence-electron chi connectivity index (χ1n) is 10.3. The van der Waals surface area contributed by atoms with Gasteiger partial charge in [0.25, 0.3) is 0 Å². The molecule has 0 aromatic carbocycles. The number of hydrogen-bond donors (Lipinski definition) is 1. The van der Waals surface area contributed by atoms with Gasteiger partial charge < -0.3 is 15.0 Å². The second kappa shape index (κ2) is 10.3. The zero-order valence-corrected chi connectivity index (χ0v) is 17.6. The van der Waals surface area contributed by atoms with Gasteiger partial charge in [0.05, 0.1) is 18.0 Å². The third-order valence-electron chi connectivity index (χ3n) is 5.50. The average molecular weight is 398 g/mol. The van der Waals surface area contributed by atoms with Crippen LogP contribution in [0.3, 0.4) is 0 Å². The SMILES string of the molecule is COCCC(=O)NCC1CCC(c2nc(N(C)C)ncc2-c2ccccn2)CC1. The predicted molar refractivity (Wildman–Crippen MR) is 114 cm³/mol. The molecule has 0 bridgehead atoms. The molecule has 3 rings (SSSR count). The Labute approximate surface area is 172 Å². The second-order valence-corrected chi connectivity index (χ2v) is 7.84. The summed E-state index contributed by atoms with van der Waals surface area (Å²) in [5, 5.41) is 3.04. The van der Waals surface area contributed by atoms with Gasteiger partial charge in [-0.15, -0.1) is 0 Å². The second-order valence-electron chi connectivity index (χ2n) is 7.84. The van der Waals surface area contributed by atoms with Crippen molar-refractivity contribution < 1.29 is 9.53 Å². The van der Waals surface area contributed by atoms with Gasteiger partial charge in [0, 0.05) is 58.0 Å². The molecule has 7 heteroatoms. The van der Waals surface area contributed by atoms with Gasteiger partial charge in [-0.2, -0.15) is 0 Å². The summed E-state index contributed by atoms with van der Waals surface area (Å²) in [7, 11) is 5.54. The molecule has 0 saturated heterocycles. The number of hydrogen-bond acceptors (Lipinski definition) is 6. The summed E-state index contributed by atoms with van der Waals surface area (Å²) < 4.78 is 4.96. The van der Waals surface area contributed by atoms with Gasteiger partial charge in [-0.25, -0.2) is 9.97 Å². The lowest BCUT2D eigenvalue weighted by Gasteiger charge is -2.29. The van der Waals surface area contributed by atoms with Crippen molar-refractivity contribution in [3.63, 3.8) is 0 Å². The van der Waals surface area contributed by atoms with E-state index in [1.54, 1.807) is 7.11 Å². The van der Waals surface area contributed by atoms with E-state index in [9.17, 15) is 4.79 Å². The lowest BCUT2D eigenvalue weighted by atomic mass is 9.79. The lowest BCUT2D eigenvalue weighted by Crippen LogP contribution is -2.31. The number of carbonyl (C=O) groups is 1. The molecule has 0 spiro atoms. The molecule has 1 aliphatic rings. The first kappa shape index (κ1) is 21.2. The minimum absolute atomic E-state index is 0.0674. The third kappa shape index (κ3) is 5.73. The summed E-state index contributed by atoms with van der Waals surface area (Å²) in [5.41, 5.74) is 3.03. The minimum atomic E-state index is 0.0674. The molecule has 2 aromatic rings. The van der Waals surface area contributed by atoms with Gasteiger partial charge in [-0.3, -0.25) is 9.78 Å². The van der Waals surface area contributed by atoms with Crippen molar-refractivity contribution in [2.45, 2.75) is 38.0 Å². The fourth-order valence-corrected chi connectivity index (χ4v) is 3.81. The molecule has 29 heavy (non-hydrogen) atoms. The van der Waals surface area contributed by atoms with Crippen LogP contribution in [0.25, 0.3) is 11.3 Å². The number of rotatable bonds is 8. The Kier molecular flexibility index (Phi) is 7.52. The van der Waals surface area contributed by atoms with E-state index in [2.05, 4.69) is 15.3 Å². The molecule has 1 amide bonds. The molecule has 2 aromatic heterocycles. The van der Waals surface area contributed by atoms with E-state index in [0.717, 1.165) is 55.1 Å². The van der Waals surface area contributed by atoms with Crippen LogP contribution < -0.4 is 10.2 Å². The fraction of sp³-hybridized carbons (Fsp3) is 0.545. The summed E-state index contributed by atoms with van der Waals surface area (Å²) in [6, 6.07) is 5.93. The number of carbonyl (C=O) groups excluding carboxylic acids is 1. The molecular formula is C22H31N5O2. The summed E-state index contributed by atoms with van der Waals surface area (Å²) >= 11 is 0. The maximum absolute atomic E-state index is 11.8. The van der Waals surface area contributed by atoms with E-state index < -0.39 is 0 Å². The van der Waals surface area contributed by atoms with Crippen molar-refractivity contribution >= 4 is 11.9 Å². The van der Waals surface area contributed by atoms with Crippen LogP contribution >= 0.6 is 0 Å². The molecule has 0 aliphatic heterocycles. The first-order valence-corrected chi connectivity index (χ1v) is 10.3. The van der Waals surface area contributed by atoms with Gasteiger partial charge in [0.15, 0.2) is 0 Å². The minimum Gasteiger partial charge on any atom is -0.384 e. The topological polar surface area (TPSA) is 80.2 Å². The van der Waals surface area contributed by atoms with Crippen molar-refractivity contribution in [3.05, 3.63) is 36.3 Å². The van der Waals surface area contributed by atoms with Crippen molar-refractivity contribution in [1.82, 2.24) is 20.3 Å². The van der Waals surface area contributed by atoms with E-state index in [-0.39, 0.29) is 5.91 Å².